The number of ketones is 3. The molecule has 39 heavy (non-hydrogen) atoms. The van der Waals surface area contributed by atoms with Gasteiger partial charge in [-0.1, -0.05) is 12.1 Å². The minimum Gasteiger partial charge on any atom is -0.507 e. The highest BCUT2D eigenvalue weighted by Gasteiger charge is 2.48. The molecule has 2 aromatic carbocycles. The number of phenolic OH excluding ortho intramolecular Hbond substituents is 2. The number of carbonyl (C=O) groups excluding carboxylic acids is 3. The third-order valence-corrected chi connectivity index (χ3v) is 7.80. The van der Waals surface area contributed by atoms with Crippen LogP contribution in [0.25, 0.3) is 0 Å². The van der Waals surface area contributed by atoms with E-state index in [2.05, 4.69) is 0 Å². The van der Waals surface area contributed by atoms with Crippen molar-refractivity contribution in [3.05, 3.63) is 51.6 Å². The molecule has 5 rings (SSSR count). The molecule has 11 nitrogen and oxygen atoms in total. The number of carbonyl (C=O) groups is 3. The number of nitrogens with two attached hydrogens (primary N) is 1. The quantitative estimate of drug-likeness (QED) is 0.294. The van der Waals surface area contributed by atoms with Gasteiger partial charge in [0.2, 0.25) is 5.78 Å². The molecule has 0 spiro atoms. The summed E-state index contributed by atoms with van der Waals surface area (Å²) in [6.07, 6.45) is -4.38. The van der Waals surface area contributed by atoms with Crippen molar-refractivity contribution in [1.82, 2.24) is 0 Å². The molecule has 0 radical (unpaired) electrons. The first-order valence-electron chi connectivity index (χ1n) is 12.7. The normalized spacial score (nSPS) is 29.8. The van der Waals surface area contributed by atoms with E-state index in [0.717, 1.165) is 0 Å². The summed E-state index contributed by atoms with van der Waals surface area (Å²) in [5, 5.41) is 44.5. The number of hydrogen-bond acceptors (Lipinski definition) is 11. The first-order chi connectivity index (χ1) is 18.4. The van der Waals surface area contributed by atoms with Crippen LogP contribution in [0.2, 0.25) is 0 Å². The monoisotopic (exact) mass is 541 g/mol. The highest BCUT2D eigenvalue weighted by atomic mass is 16.7. The number of phenols is 2. The Hall–Kier alpha value is -3.35. The fraction of sp³-hybridized carbons (Fsp3) is 0.464. The molecule has 0 bridgehead atoms. The number of ether oxygens (including phenoxy) is 3. The largest absolute Gasteiger partial charge is 0.507 e. The zero-order chi connectivity index (χ0) is 28.4. The molecule has 3 aliphatic rings. The van der Waals surface area contributed by atoms with Crippen molar-refractivity contribution in [3.8, 4) is 17.2 Å². The van der Waals surface area contributed by atoms with E-state index in [9.17, 15) is 34.8 Å². The summed E-state index contributed by atoms with van der Waals surface area (Å²) < 4.78 is 17.2. The van der Waals surface area contributed by atoms with Crippen LogP contribution in [-0.4, -0.2) is 75.0 Å². The van der Waals surface area contributed by atoms with E-state index >= 15 is 0 Å². The molecule has 1 heterocycles. The van der Waals surface area contributed by atoms with Gasteiger partial charge >= 0.3 is 0 Å². The van der Waals surface area contributed by atoms with Gasteiger partial charge in [0, 0.05) is 48.4 Å². The summed E-state index contributed by atoms with van der Waals surface area (Å²) in [6.45, 7) is 2.93. The Morgan fingerprint density at radius 2 is 1.85 bits per heavy atom. The van der Waals surface area contributed by atoms with Crippen LogP contribution in [0, 0.1) is 0 Å². The van der Waals surface area contributed by atoms with Crippen molar-refractivity contribution < 1.29 is 49.0 Å². The molecule has 0 amide bonds. The molecule has 1 saturated heterocycles. The minimum atomic E-state index is -1.69. The molecular weight excluding hydrogens is 510 g/mol. The molecule has 6 atom stereocenters. The third-order valence-electron chi connectivity index (χ3n) is 7.80. The molecule has 1 fully saturated rings. The summed E-state index contributed by atoms with van der Waals surface area (Å²) in [6, 6.07) is 3.79. The van der Waals surface area contributed by atoms with E-state index < -0.39 is 70.4 Å². The van der Waals surface area contributed by atoms with Gasteiger partial charge in [-0.05, 0) is 19.9 Å². The molecule has 208 valence electrons. The van der Waals surface area contributed by atoms with E-state index in [0.29, 0.717) is 0 Å². The van der Waals surface area contributed by atoms with E-state index in [-0.39, 0.29) is 59.5 Å². The topological polar surface area (TPSA) is 186 Å². The van der Waals surface area contributed by atoms with Crippen molar-refractivity contribution in [2.75, 3.05) is 7.11 Å². The predicted octanol–water partition coefficient (Wildman–Crippen LogP) is 1.42. The van der Waals surface area contributed by atoms with Crippen LogP contribution in [0.15, 0.2) is 18.2 Å². The summed E-state index contributed by atoms with van der Waals surface area (Å²) in [5.74, 6) is -2.75. The minimum absolute atomic E-state index is 0.00115. The van der Waals surface area contributed by atoms with Gasteiger partial charge in [-0.25, -0.2) is 0 Å². The van der Waals surface area contributed by atoms with Crippen LogP contribution < -0.4 is 10.5 Å². The highest BCUT2D eigenvalue weighted by Crippen LogP contribution is 2.53. The van der Waals surface area contributed by atoms with Crippen molar-refractivity contribution in [2.24, 2.45) is 5.73 Å². The van der Waals surface area contributed by atoms with Gasteiger partial charge in [0.25, 0.3) is 0 Å². The lowest BCUT2D eigenvalue weighted by Gasteiger charge is -2.42. The molecule has 1 aliphatic heterocycles. The standard InChI is InChI=1S/C28H31NO10/c1-11(30)8-28(36)9-14-20(17(10-28)39-18-7-15(29)23(31)12(2)38-18)27(35)22-21(25(14)33)24(32)13-5-4-6-16(37-3)19(13)26(22)34/h4-6,12,15,17-18,23,31,33,35-36H,7-10,29H2,1-3H3/t12-,15-,17-,18-,23+,28-/m0/s1. The smallest absolute Gasteiger partial charge is 0.202 e. The van der Waals surface area contributed by atoms with Crippen molar-refractivity contribution in [2.45, 2.75) is 75.8 Å². The van der Waals surface area contributed by atoms with E-state index in [1.165, 1.54) is 32.2 Å². The predicted molar refractivity (Wildman–Crippen MR) is 135 cm³/mol. The molecule has 0 saturated carbocycles. The molecule has 6 N–H and O–H groups in total. The Balaban J connectivity index is 1.67. The Kier molecular flexibility index (Phi) is 6.76. The number of methoxy groups -OCH3 is 1. The lowest BCUT2D eigenvalue weighted by atomic mass is 9.71. The zero-order valence-electron chi connectivity index (χ0n) is 21.8. The Morgan fingerprint density at radius 1 is 1.15 bits per heavy atom. The average Bonchev–Trinajstić information content (AvgIpc) is 2.86. The second-order valence-corrected chi connectivity index (χ2v) is 10.7. The maximum atomic E-state index is 13.7. The third kappa shape index (κ3) is 4.40. The molecule has 0 aromatic heterocycles. The second kappa shape index (κ2) is 9.68. The first-order valence-corrected chi connectivity index (χ1v) is 12.7. The van der Waals surface area contributed by atoms with Gasteiger partial charge in [-0.3, -0.25) is 14.4 Å². The van der Waals surface area contributed by atoms with Gasteiger partial charge in [0.15, 0.2) is 12.1 Å². The average molecular weight is 542 g/mol. The lowest BCUT2D eigenvalue weighted by molar-refractivity contribution is -0.247. The van der Waals surface area contributed by atoms with Crippen molar-refractivity contribution in [3.63, 3.8) is 0 Å². The second-order valence-electron chi connectivity index (χ2n) is 10.7. The van der Waals surface area contributed by atoms with E-state index in [1.807, 2.05) is 0 Å². The number of rotatable bonds is 5. The van der Waals surface area contributed by atoms with E-state index in [1.54, 1.807) is 6.92 Å². The summed E-state index contributed by atoms with van der Waals surface area (Å²) in [4.78, 5) is 39.2. The lowest BCUT2D eigenvalue weighted by Crippen LogP contribution is -2.52. The number of hydrogen-bond donors (Lipinski definition) is 5. The number of aliphatic hydroxyl groups excluding tert-OH is 1. The van der Waals surface area contributed by atoms with Crippen LogP contribution >= 0.6 is 0 Å². The number of aliphatic hydroxyl groups is 2. The summed E-state index contributed by atoms with van der Waals surface area (Å²) in [7, 11) is 1.35. The fourth-order valence-corrected chi connectivity index (χ4v) is 6.06. The van der Waals surface area contributed by atoms with Gasteiger partial charge in [0.1, 0.15) is 23.0 Å². The molecule has 0 unspecified atom stereocenters. The fourth-order valence-electron chi connectivity index (χ4n) is 6.06. The number of benzene rings is 2. The van der Waals surface area contributed by atoms with Gasteiger partial charge < -0.3 is 40.4 Å². The Bertz CT molecular complexity index is 1380. The number of aromatic hydroxyl groups is 2. The van der Waals surface area contributed by atoms with Gasteiger partial charge in [-0.15, -0.1) is 0 Å². The maximum Gasteiger partial charge on any atom is 0.202 e. The molecule has 2 aromatic rings. The van der Waals surface area contributed by atoms with Crippen molar-refractivity contribution >= 4 is 17.3 Å². The van der Waals surface area contributed by atoms with Gasteiger partial charge in [-0.2, -0.15) is 0 Å². The van der Waals surface area contributed by atoms with Crippen molar-refractivity contribution in [1.29, 1.82) is 0 Å². The summed E-state index contributed by atoms with van der Waals surface area (Å²) in [5.41, 5.74) is 3.52. The van der Waals surface area contributed by atoms with Crippen LogP contribution in [0.4, 0.5) is 0 Å². The van der Waals surface area contributed by atoms with Crippen LogP contribution in [-0.2, 0) is 20.7 Å². The van der Waals surface area contributed by atoms with Crippen LogP contribution in [0.3, 0.4) is 0 Å². The molecular formula is C28H31NO10. The Labute approximate surface area is 224 Å². The van der Waals surface area contributed by atoms with Gasteiger partial charge in [0.05, 0.1) is 47.7 Å². The van der Waals surface area contributed by atoms with Crippen LogP contribution in [0.1, 0.15) is 82.2 Å². The molecule has 2 aliphatic carbocycles. The summed E-state index contributed by atoms with van der Waals surface area (Å²) >= 11 is 0. The first kappa shape index (κ1) is 27.2. The number of Topliss-reactive ketones (excluding diaryl/α,β-unsaturated/α-hetero) is 1. The van der Waals surface area contributed by atoms with E-state index in [4.69, 9.17) is 19.9 Å². The Morgan fingerprint density at radius 3 is 2.49 bits per heavy atom. The van der Waals surface area contributed by atoms with Crippen LogP contribution in [0.5, 0.6) is 17.2 Å². The maximum absolute atomic E-state index is 13.7. The number of fused-ring (bicyclic) bond motifs is 3. The SMILES string of the molecule is COc1cccc2c1C(=O)c1c(O)c3c(c(O)c1C2=O)C[C@@](O)(CC(C)=O)C[C@@H]3O[C@H]1C[C@H](N)[C@H](O)[C@H](C)O1. The molecule has 11 heteroatoms. The highest BCUT2D eigenvalue weighted by molar-refractivity contribution is 6.31. The zero-order valence-corrected chi connectivity index (χ0v) is 21.8.